The van der Waals surface area contributed by atoms with Crippen LogP contribution in [-0.2, 0) is 0 Å². The van der Waals surface area contributed by atoms with Gasteiger partial charge in [-0.1, -0.05) is 71.8 Å². The zero-order valence-corrected chi connectivity index (χ0v) is 26.3. The van der Waals surface area contributed by atoms with E-state index in [9.17, 15) is 4.39 Å². The highest BCUT2D eigenvalue weighted by atomic mass is 19.1. The fourth-order valence-corrected chi connectivity index (χ4v) is 6.76. The minimum atomic E-state index is -0.150. The fraction of sp³-hybridized carbons (Fsp3) is 0.514. The molecule has 0 saturated carbocycles. The summed E-state index contributed by atoms with van der Waals surface area (Å²) in [6, 6.07) is 26.4. The van der Waals surface area contributed by atoms with Crippen LogP contribution >= 0.6 is 0 Å². The summed E-state index contributed by atoms with van der Waals surface area (Å²) in [7, 11) is 0. The van der Waals surface area contributed by atoms with E-state index in [1.165, 1.54) is 40.7 Å². The van der Waals surface area contributed by atoms with E-state index in [1.54, 1.807) is 12.1 Å². The lowest BCUT2D eigenvalue weighted by atomic mass is 9.86. The third-order valence-electron chi connectivity index (χ3n) is 9.60. The normalized spacial score (nSPS) is 18.6. The number of aryl methyl sites for hydroxylation is 2. The zero-order chi connectivity index (χ0) is 29.5. The Balaban J connectivity index is 1.15. The summed E-state index contributed by atoms with van der Waals surface area (Å²) in [6.07, 6.45) is 2.37. The van der Waals surface area contributed by atoms with Crippen molar-refractivity contribution in [3.63, 3.8) is 0 Å². The molecule has 5 heteroatoms. The first kappa shape index (κ1) is 30.9. The predicted molar refractivity (Wildman–Crippen MR) is 174 cm³/mol. The van der Waals surface area contributed by atoms with Crippen LogP contribution < -0.4 is 0 Å². The van der Waals surface area contributed by atoms with Crippen molar-refractivity contribution in [1.82, 2.24) is 19.6 Å². The average Bonchev–Trinajstić information content (AvgIpc) is 3.01. The zero-order valence-electron chi connectivity index (χ0n) is 26.3. The van der Waals surface area contributed by atoms with Gasteiger partial charge in [-0.05, 0) is 75.9 Å². The van der Waals surface area contributed by atoms with Crippen molar-refractivity contribution >= 4 is 0 Å². The predicted octanol–water partition coefficient (Wildman–Crippen LogP) is 6.74. The molecule has 0 spiro atoms. The number of halogens is 1. The largest absolute Gasteiger partial charge is 0.301 e. The molecule has 0 bridgehead atoms. The SMILES string of the molecule is Cc1ccc(C(CCCN2CCN(CC(c3ccc(F)cc3)N3CCN(C(C)C)CC3)CC2)c2ccc(C)cc2)cc1. The molecule has 2 heterocycles. The Labute approximate surface area is 254 Å². The van der Waals surface area contributed by atoms with Crippen LogP contribution in [0.5, 0.6) is 0 Å². The van der Waals surface area contributed by atoms with Crippen molar-refractivity contribution in [3.8, 4) is 0 Å². The van der Waals surface area contributed by atoms with E-state index in [1.807, 2.05) is 12.1 Å². The van der Waals surface area contributed by atoms with Gasteiger partial charge in [-0.15, -0.1) is 0 Å². The van der Waals surface area contributed by atoms with Crippen molar-refractivity contribution in [2.75, 3.05) is 65.4 Å². The van der Waals surface area contributed by atoms with Crippen molar-refractivity contribution in [1.29, 1.82) is 0 Å². The summed E-state index contributed by atoms with van der Waals surface area (Å²) < 4.78 is 13.8. The van der Waals surface area contributed by atoms with Crippen LogP contribution in [0.15, 0.2) is 72.8 Å². The lowest BCUT2D eigenvalue weighted by Crippen LogP contribution is -2.53. The minimum Gasteiger partial charge on any atom is -0.301 e. The van der Waals surface area contributed by atoms with Gasteiger partial charge in [0.1, 0.15) is 5.82 Å². The van der Waals surface area contributed by atoms with E-state index in [4.69, 9.17) is 0 Å². The lowest BCUT2D eigenvalue weighted by Gasteiger charge is -2.43. The number of hydrogen-bond acceptors (Lipinski definition) is 4. The summed E-state index contributed by atoms with van der Waals surface area (Å²) in [5, 5.41) is 0. The lowest BCUT2D eigenvalue weighted by molar-refractivity contribution is 0.0480. The molecule has 3 aromatic rings. The van der Waals surface area contributed by atoms with Gasteiger partial charge in [-0.25, -0.2) is 4.39 Å². The third-order valence-corrected chi connectivity index (χ3v) is 9.60. The maximum atomic E-state index is 13.8. The van der Waals surface area contributed by atoms with Gasteiger partial charge in [0, 0.05) is 76.9 Å². The van der Waals surface area contributed by atoms with Crippen LogP contribution in [0, 0.1) is 19.7 Å². The molecule has 2 aliphatic rings. The van der Waals surface area contributed by atoms with Gasteiger partial charge in [0.05, 0.1) is 0 Å². The van der Waals surface area contributed by atoms with Gasteiger partial charge in [0.2, 0.25) is 0 Å². The number of nitrogens with zero attached hydrogens (tertiary/aromatic N) is 4. The Hall–Kier alpha value is -2.57. The molecule has 2 fully saturated rings. The first-order valence-electron chi connectivity index (χ1n) is 16.2. The first-order chi connectivity index (χ1) is 20.4. The van der Waals surface area contributed by atoms with Crippen molar-refractivity contribution in [2.24, 2.45) is 0 Å². The summed E-state index contributed by atoms with van der Waals surface area (Å²) in [4.78, 5) is 10.5. The monoisotopic (exact) mass is 570 g/mol. The molecule has 0 amide bonds. The van der Waals surface area contributed by atoms with Gasteiger partial charge in [-0.2, -0.15) is 0 Å². The molecular weight excluding hydrogens is 519 g/mol. The Bertz CT molecular complexity index is 1160. The quantitative estimate of drug-likeness (QED) is 0.253. The summed E-state index contributed by atoms with van der Waals surface area (Å²) in [5.74, 6) is 0.294. The van der Waals surface area contributed by atoms with Gasteiger partial charge in [0.15, 0.2) is 0 Å². The standard InChI is InChI=1S/C37H51FN4/c1-29(2)41-24-26-42(27-25-41)37(34-15-17-35(38)18-16-34)28-40-22-20-39(21-23-40)19-5-6-36(32-11-7-30(3)8-12-32)33-13-9-31(4)10-14-33/h7-18,29,36-37H,5-6,19-28H2,1-4H3. The van der Waals surface area contributed by atoms with Crippen LogP contribution in [0.25, 0.3) is 0 Å². The molecule has 0 aromatic heterocycles. The van der Waals surface area contributed by atoms with Gasteiger partial charge in [-0.3, -0.25) is 14.7 Å². The molecule has 226 valence electrons. The molecule has 1 atom stereocenters. The first-order valence-corrected chi connectivity index (χ1v) is 16.2. The summed E-state index contributed by atoms with van der Waals surface area (Å²) in [5.41, 5.74) is 6.73. The van der Waals surface area contributed by atoms with Crippen LogP contribution in [0.3, 0.4) is 0 Å². The van der Waals surface area contributed by atoms with E-state index < -0.39 is 0 Å². The molecule has 1 unspecified atom stereocenters. The van der Waals surface area contributed by atoms with Crippen LogP contribution in [0.4, 0.5) is 4.39 Å². The Kier molecular flexibility index (Phi) is 10.8. The Morgan fingerprint density at radius 3 is 1.60 bits per heavy atom. The highest BCUT2D eigenvalue weighted by molar-refractivity contribution is 5.35. The van der Waals surface area contributed by atoms with E-state index in [-0.39, 0.29) is 5.82 Å². The highest BCUT2D eigenvalue weighted by Crippen LogP contribution is 2.30. The number of piperazine rings is 2. The summed E-state index contributed by atoms with van der Waals surface area (Å²) >= 11 is 0. The molecule has 4 nitrogen and oxygen atoms in total. The van der Waals surface area contributed by atoms with Gasteiger partial charge < -0.3 is 4.90 Å². The molecule has 2 saturated heterocycles. The second-order valence-corrected chi connectivity index (χ2v) is 12.9. The molecule has 2 aliphatic heterocycles. The molecule has 5 rings (SSSR count). The number of benzene rings is 3. The van der Waals surface area contributed by atoms with E-state index in [0.29, 0.717) is 18.0 Å². The Morgan fingerprint density at radius 2 is 1.07 bits per heavy atom. The molecule has 0 aliphatic carbocycles. The van der Waals surface area contributed by atoms with E-state index >= 15 is 0 Å². The second-order valence-electron chi connectivity index (χ2n) is 12.9. The molecular formula is C37H51FN4. The highest BCUT2D eigenvalue weighted by Gasteiger charge is 2.29. The van der Waals surface area contributed by atoms with Crippen molar-refractivity contribution < 1.29 is 4.39 Å². The minimum absolute atomic E-state index is 0.150. The summed E-state index contributed by atoms with van der Waals surface area (Å²) in [6.45, 7) is 19.9. The topological polar surface area (TPSA) is 13.0 Å². The maximum absolute atomic E-state index is 13.8. The van der Waals surface area contributed by atoms with Gasteiger partial charge in [0.25, 0.3) is 0 Å². The molecule has 42 heavy (non-hydrogen) atoms. The number of hydrogen-bond donors (Lipinski definition) is 0. The van der Waals surface area contributed by atoms with Crippen molar-refractivity contribution in [3.05, 3.63) is 106 Å². The second kappa shape index (κ2) is 14.7. The molecule has 3 aromatic carbocycles. The van der Waals surface area contributed by atoms with Crippen LogP contribution in [0.2, 0.25) is 0 Å². The van der Waals surface area contributed by atoms with Crippen LogP contribution in [0.1, 0.15) is 66.5 Å². The Morgan fingerprint density at radius 1 is 0.595 bits per heavy atom. The van der Waals surface area contributed by atoms with Crippen molar-refractivity contribution in [2.45, 2.75) is 58.5 Å². The maximum Gasteiger partial charge on any atom is 0.123 e. The molecule has 0 N–H and O–H groups in total. The van der Waals surface area contributed by atoms with E-state index in [2.05, 4.69) is 95.8 Å². The smallest absolute Gasteiger partial charge is 0.123 e. The number of rotatable bonds is 11. The average molecular weight is 571 g/mol. The van der Waals surface area contributed by atoms with E-state index in [0.717, 1.165) is 65.4 Å². The van der Waals surface area contributed by atoms with Crippen LogP contribution in [-0.4, -0.2) is 91.1 Å². The fourth-order valence-electron chi connectivity index (χ4n) is 6.76. The molecule has 0 radical (unpaired) electrons. The van der Waals surface area contributed by atoms with Gasteiger partial charge >= 0.3 is 0 Å². The third kappa shape index (κ3) is 8.29.